The monoisotopic (exact) mass is 404 g/mol. The molecule has 0 aliphatic carbocycles. The zero-order chi connectivity index (χ0) is 20.8. The van der Waals surface area contributed by atoms with Crippen molar-refractivity contribution in [1.29, 1.82) is 0 Å². The predicted octanol–water partition coefficient (Wildman–Crippen LogP) is 6.95. The molecular formula is C28H24N2O. The maximum absolute atomic E-state index is 5.60. The number of methoxy groups -OCH3 is 1. The number of nitrogens with zero attached hydrogens (tertiary/aromatic N) is 1. The van der Waals surface area contributed by atoms with Crippen molar-refractivity contribution < 1.29 is 4.74 Å². The van der Waals surface area contributed by atoms with Gasteiger partial charge < -0.3 is 14.6 Å². The molecule has 0 saturated heterocycles. The van der Waals surface area contributed by atoms with Crippen LogP contribution in [-0.4, -0.2) is 11.7 Å². The highest BCUT2D eigenvalue weighted by Gasteiger charge is 2.31. The Labute approximate surface area is 181 Å². The number of nitrogens with one attached hydrogen (secondary N) is 1. The largest absolute Gasteiger partial charge is 0.497 e. The summed E-state index contributed by atoms with van der Waals surface area (Å²) in [7, 11) is 1.74. The summed E-state index contributed by atoms with van der Waals surface area (Å²) in [5.74, 6) is 0.893. The van der Waals surface area contributed by atoms with E-state index in [0.29, 0.717) is 0 Å². The van der Waals surface area contributed by atoms with Crippen LogP contribution in [0.5, 0.6) is 5.75 Å². The van der Waals surface area contributed by atoms with Crippen LogP contribution in [0.2, 0.25) is 0 Å². The second-order valence-corrected chi connectivity index (χ2v) is 8.22. The van der Waals surface area contributed by atoms with Gasteiger partial charge in [-0.2, -0.15) is 0 Å². The molecule has 2 heterocycles. The molecule has 6 rings (SSSR count). The van der Waals surface area contributed by atoms with E-state index in [4.69, 9.17) is 4.74 Å². The van der Waals surface area contributed by atoms with E-state index in [1.54, 1.807) is 7.11 Å². The van der Waals surface area contributed by atoms with Crippen molar-refractivity contribution in [3.63, 3.8) is 0 Å². The van der Waals surface area contributed by atoms with Crippen LogP contribution >= 0.6 is 0 Å². The SMILES string of the molecule is COc1ccc2c(c1)C(n1c3ccccc3c3ccccc31)CC(c1ccccc1)N2. The van der Waals surface area contributed by atoms with Crippen LogP contribution in [0, 0.1) is 0 Å². The fourth-order valence-corrected chi connectivity index (χ4v) is 5.11. The van der Waals surface area contributed by atoms with Crippen LogP contribution < -0.4 is 10.1 Å². The molecule has 152 valence electrons. The predicted molar refractivity (Wildman–Crippen MR) is 128 cm³/mol. The van der Waals surface area contributed by atoms with E-state index in [1.807, 2.05) is 6.07 Å². The maximum Gasteiger partial charge on any atom is 0.119 e. The lowest BCUT2D eigenvalue weighted by molar-refractivity contribution is 0.412. The van der Waals surface area contributed by atoms with Gasteiger partial charge in [-0.3, -0.25) is 0 Å². The number of rotatable bonds is 3. The number of para-hydroxylation sites is 2. The lowest BCUT2D eigenvalue weighted by Crippen LogP contribution is -2.25. The second kappa shape index (κ2) is 7.21. The highest BCUT2D eigenvalue weighted by atomic mass is 16.5. The topological polar surface area (TPSA) is 26.2 Å². The van der Waals surface area contributed by atoms with Gasteiger partial charge in [-0.15, -0.1) is 0 Å². The van der Waals surface area contributed by atoms with Crippen molar-refractivity contribution in [3.05, 3.63) is 108 Å². The summed E-state index contributed by atoms with van der Waals surface area (Å²) in [5, 5.41) is 6.39. The molecule has 1 N–H and O–H groups in total. The van der Waals surface area contributed by atoms with E-state index < -0.39 is 0 Å². The van der Waals surface area contributed by atoms with E-state index in [0.717, 1.165) is 12.2 Å². The highest BCUT2D eigenvalue weighted by molar-refractivity contribution is 6.08. The van der Waals surface area contributed by atoms with Gasteiger partial charge in [-0.05, 0) is 42.3 Å². The zero-order valence-electron chi connectivity index (χ0n) is 17.5. The molecule has 0 saturated carbocycles. The first-order chi connectivity index (χ1) is 15.3. The van der Waals surface area contributed by atoms with Crippen molar-refractivity contribution in [2.75, 3.05) is 12.4 Å². The van der Waals surface area contributed by atoms with Gasteiger partial charge in [0, 0.05) is 33.1 Å². The Bertz CT molecular complexity index is 1330. The molecule has 2 unspecified atom stereocenters. The molecule has 1 aromatic heterocycles. The van der Waals surface area contributed by atoms with Gasteiger partial charge in [0.25, 0.3) is 0 Å². The van der Waals surface area contributed by atoms with E-state index in [9.17, 15) is 0 Å². The normalized spacial score (nSPS) is 18.0. The molecule has 0 amide bonds. The summed E-state index contributed by atoms with van der Waals surface area (Å²) in [6.07, 6.45) is 0.965. The van der Waals surface area contributed by atoms with Crippen molar-refractivity contribution in [1.82, 2.24) is 4.57 Å². The Balaban J connectivity index is 1.61. The summed E-state index contributed by atoms with van der Waals surface area (Å²) in [6, 6.07) is 35.1. The van der Waals surface area contributed by atoms with Gasteiger partial charge in [0.2, 0.25) is 0 Å². The lowest BCUT2D eigenvalue weighted by Gasteiger charge is -2.35. The number of fused-ring (bicyclic) bond motifs is 4. The summed E-state index contributed by atoms with van der Waals surface area (Å²) < 4.78 is 8.12. The number of anilines is 1. The first kappa shape index (κ1) is 18.1. The molecule has 1 aliphatic heterocycles. The van der Waals surface area contributed by atoms with Crippen LogP contribution in [0.1, 0.15) is 29.6 Å². The summed E-state index contributed by atoms with van der Waals surface area (Å²) >= 11 is 0. The van der Waals surface area contributed by atoms with Gasteiger partial charge in [0.1, 0.15) is 5.75 Å². The number of hydrogen-bond acceptors (Lipinski definition) is 2. The Hall–Kier alpha value is -3.72. The minimum absolute atomic E-state index is 0.196. The molecule has 4 aromatic carbocycles. The number of benzene rings is 4. The Morgan fingerprint density at radius 3 is 2.10 bits per heavy atom. The molecular weight excluding hydrogens is 380 g/mol. The molecule has 3 nitrogen and oxygen atoms in total. The highest BCUT2D eigenvalue weighted by Crippen LogP contribution is 2.45. The van der Waals surface area contributed by atoms with E-state index in [1.165, 1.54) is 38.6 Å². The van der Waals surface area contributed by atoms with Crippen molar-refractivity contribution >= 4 is 27.5 Å². The Kier molecular flexibility index (Phi) is 4.20. The lowest BCUT2D eigenvalue weighted by atomic mass is 9.88. The van der Waals surface area contributed by atoms with Crippen molar-refractivity contribution in [2.45, 2.75) is 18.5 Å². The summed E-state index contributed by atoms with van der Waals surface area (Å²) in [6.45, 7) is 0. The van der Waals surface area contributed by atoms with Gasteiger partial charge >= 0.3 is 0 Å². The maximum atomic E-state index is 5.60. The number of hydrogen-bond donors (Lipinski definition) is 1. The first-order valence-electron chi connectivity index (χ1n) is 10.8. The summed E-state index contributed by atoms with van der Waals surface area (Å²) in [4.78, 5) is 0. The molecule has 0 radical (unpaired) electrons. The summed E-state index contributed by atoms with van der Waals surface area (Å²) in [5.41, 5.74) is 6.31. The van der Waals surface area contributed by atoms with Gasteiger partial charge in [-0.1, -0.05) is 66.7 Å². The molecule has 2 atom stereocenters. The van der Waals surface area contributed by atoms with Gasteiger partial charge in [-0.25, -0.2) is 0 Å². The zero-order valence-corrected chi connectivity index (χ0v) is 17.5. The number of ether oxygens (including phenoxy) is 1. The Morgan fingerprint density at radius 2 is 1.42 bits per heavy atom. The van der Waals surface area contributed by atoms with Crippen LogP contribution in [0.25, 0.3) is 21.8 Å². The quantitative estimate of drug-likeness (QED) is 0.352. The molecule has 1 aliphatic rings. The molecule has 3 heteroatoms. The second-order valence-electron chi connectivity index (χ2n) is 8.22. The minimum atomic E-state index is 0.196. The third-order valence-electron chi connectivity index (χ3n) is 6.54. The molecule has 0 fully saturated rings. The van der Waals surface area contributed by atoms with Crippen molar-refractivity contribution in [3.8, 4) is 5.75 Å². The smallest absolute Gasteiger partial charge is 0.119 e. The minimum Gasteiger partial charge on any atom is -0.497 e. The van der Waals surface area contributed by atoms with Crippen molar-refractivity contribution in [2.24, 2.45) is 0 Å². The molecule has 0 spiro atoms. The van der Waals surface area contributed by atoms with Gasteiger partial charge in [0.15, 0.2) is 0 Å². The fourth-order valence-electron chi connectivity index (χ4n) is 5.11. The van der Waals surface area contributed by atoms with Crippen LogP contribution in [-0.2, 0) is 0 Å². The third-order valence-corrected chi connectivity index (χ3v) is 6.54. The average Bonchev–Trinajstić information content (AvgIpc) is 3.18. The van der Waals surface area contributed by atoms with Crippen LogP contribution in [0.15, 0.2) is 97.1 Å². The standard InChI is InChI=1S/C28H24N2O/c1-31-20-15-16-24-23(17-20)28(18-25(29-24)19-9-3-2-4-10-19)30-26-13-7-5-11-21(26)22-12-6-8-14-27(22)30/h2-17,25,28-29H,18H2,1H3. The first-order valence-corrected chi connectivity index (χ1v) is 10.8. The molecule has 0 bridgehead atoms. The van der Waals surface area contributed by atoms with E-state index in [-0.39, 0.29) is 12.1 Å². The molecule has 5 aromatic rings. The van der Waals surface area contributed by atoms with E-state index >= 15 is 0 Å². The van der Waals surface area contributed by atoms with E-state index in [2.05, 4.69) is 101 Å². The third kappa shape index (κ3) is 2.89. The fraction of sp³-hybridized carbons (Fsp3) is 0.143. The number of aromatic nitrogens is 1. The van der Waals surface area contributed by atoms with Gasteiger partial charge in [0.05, 0.1) is 19.2 Å². The van der Waals surface area contributed by atoms with Crippen LogP contribution in [0.3, 0.4) is 0 Å². The average molecular weight is 405 g/mol. The Morgan fingerprint density at radius 1 is 0.774 bits per heavy atom. The van der Waals surface area contributed by atoms with Crippen LogP contribution in [0.4, 0.5) is 5.69 Å². The molecule has 31 heavy (non-hydrogen) atoms.